The van der Waals surface area contributed by atoms with Crippen molar-refractivity contribution in [3.8, 4) is 11.4 Å². The summed E-state index contributed by atoms with van der Waals surface area (Å²) in [7, 11) is 0. The summed E-state index contributed by atoms with van der Waals surface area (Å²) in [6, 6.07) is 25.4. The number of tetrazole rings is 1. The molecule has 0 amide bonds. The van der Waals surface area contributed by atoms with E-state index in [-0.39, 0.29) is 6.04 Å². The van der Waals surface area contributed by atoms with Crippen LogP contribution in [0.3, 0.4) is 0 Å². The Labute approximate surface area is 235 Å². The van der Waals surface area contributed by atoms with Crippen molar-refractivity contribution >= 4 is 6.08 Å². The smallest absolute Gasteiger partial charge is 0.178 e. The van der Waals surface area contributed by atoms with Gasteiger partial charge in [-0.05, 0) is 58.7 Å². The second kappa shape index (κ2) is 11.8. The fourth-order valence-corrected chi connectivity index (χ4v) is 5.53. The standard InChI is InChI=1S/C32H34N8/c1-25-8-6-9-26(2)30(25)40-32(34-35-36-40)31(28-13-15-29(16-14-28)39-19-17-33-24-39)38-22-20-37(21-23-38)18-7-12-27-10-4-3-5-11-27/h3-17,19,24,31H,18,20-23H2,1-2H3/b12-7+. The Bertz CT molecular complexity index is 1530. The summed E-state index contributed by atoms with van der Waals surface area (Å²) in [6.07, 6.45) is 10.0. The molecule has 5 aromatic rings. The summed E-state index contributed by atoms with van der Waals surface area (Å²) in [6.45, 7) is 8.98. The third-order valence-corrected chi connectivity index (χ3v) is 7.65. The maximum atomic E-state index is 4.62. The average Bonchev–Trinajstić information content (AvgIpc) is 3.69. The summed E-state index contributed by atoms with van der Waals surface area (Å²) >= 11 is 0. The SMILES string of the molecule is Cc1cccc(C)c1-n1nnnc1C(c1ccc(-n2ccnc2)cc1)N1CCN(C/C=C/c2ccccc2)CC1. The zero-order chi connectivity index (χ0) is 27.3. The highest BCUT2D eigenvalue weighted by molar-refractivity contribution is 5.49. The van der Waals surface area contributed by atoms with Gasteiger partial charge in [-0.3, -0.25) is 9.80 Å². The maximum Gasteiger partial charge on any atom is 0.178 e. The minimum Gasteiger partial charge on any atom is -0.306 e. The van der Waals surface area contributed by atoms with Gasteiger partial charge in [-0.2, -0.15) is 4.68 Å². The summed E-state index contributed by atoms with van der Waals surface area (Å²) in [5, 5.41) is 13.3. The Balaban J connectivity index is 1.27. The molecule has 0 spiro atoms. The van der Waals surface area contributed by atoms with Gasteiger partial charge < -0.3 is 4.57 Å². The molecule has 0 saturated carbocycles. The van der Waals surface area contributed by atoms with Crippen LogP contribution in [0.25, 0.3) is 17.5 Å². The third-order valence-electron chi connectivity index (χ3n) is 7.65. The van der Waals surface area contributed by atoms with E-state index >= 15 is 0 Å². The summed E-state index contributed by atoms with van der Waals surface area (Å²) in [5.41, 5.74) is 6.83. The van der Waals surface area contributed by atoms with Crippen LogP contribution in [0.4, 0.5) is 0 Å². The van der Waals surface area contributed by atoms with E-state index in [2.05, 4.69) is 129 Å². The Hall–Kier alpha value is -4.40. The van der Waals surface area contributed by atoms with Gasteiger partial charge in [0, 0.05) is 50.8 Å². The molecule has 8 heteroatoms. The molecular formula is C32H34N8. The molecular weight excluding hydrogens is 496 g/mol. The van der Waals surface area contributed by atoms with Crippen LogP contribution in [-0.4, -0.2) is 72.3 Å². The molecule has 6 rings (SSSR count). The number of para-hydroxylation sites is 1. The van der Waals surface area contributed by atoms with Crippen molar-refractivity contribution < 1.29 is 0 Å². The molecule has 40 heavy (non-hydrogen) atoms. The molecule has 0 N–H and O–H groups in total. The first-order valence-electron chi connectivity index (χ1n) is 13.8. The van der Waals surface area contributed by atoms with Crippen LogP contribution < -0.4 is 0 Å². The Morgan fingerprint density at radius 2 is 1.60 bits per heavy atom. The van der Waals surface area contributed by atoms with E-state index in [0.717, 1.165) is 61.0 Å². The van der Waals surface area contributed by atoms with E-state index in [4.69, 9.17) is 0 Å². The van der Waals surface area contributed by atoms with Gasteiger partial charge in [0.15, 0.2) is 5.82 Å². The first kappa shape index (κ1) is 25.9. The molecule has 3 heterocycles. The second-order valence-electron chi connectivity index (χ2n) is 10.3. The molecule has 1 unspecified atom stereocenters. The molecule has 0 radical (unpaired) electrons. The van der Waals surface area contributed by atoms with Gasteiger partial charge in [-0.25, -0.2) is 4.98 Å². The van der Waals surface area contributed by atoms with Crippen LogP contribution in [0.1, 0.15) is 34.1 Å². The van der Waals surface area contributed by atoms with Crippen LogP contribution in [0.2, 0.25) is 0 Å². The number of benzene rings is 3. The van der Waals surface area contributed by atoms with E-state index in [0.29, 0.717) is 0 Å². The maximum absolute atomic E-state index is 4.62. The number of imidazole rings is 1. The van der Waals surface area contributed by atoms with E-state index < -0.39 is 0 Å². The molecule has 1 aliphatic heterocycles. The first-order chi connectivity index (χ1) is 19.7. The predicted octanol–water partition coefficient (Wildman–Crippen LogP) is 4.89. The molecule has 1 aliphatic rings. The molecule has 1 saturated heterocycles. The predicted molar refractivity (Wildman–Crippen MR) is 158 cm³/mol. The van der Waals surface area contributed by atoms with Crippen molar-refractivity contribution in [3.63, 3.8) is 0 Å². The van der Waals surface area contributed by atoms with Gasteiger partial charge in [0.25, 0.3) is 0 Å². The Morgan fingerprint density at radius 1 is 0.850 bits per heavy atom. The van der Waals surface area contributed by atoms with Crippen LogP contribution in [0.5, 0.6) is 0 Å². The number of rotatable bonds is 8. The zero-order valence-electron chi connectivity index (χ0n) is 23.0. The van der Waals surface area contributed by atoms with Crippen molar-refractivity contribution in [3.05, 3.63) is 126 Å². The van der Waals surface area contributed by atoms with Gasteiger partial charge in [-0.15, -0.1) is 5.10 Å². The minimum absolute atomic E-state index is 0.0761. The highest BCUT2D eigenvalue weighted by atomic mass is 15.6. The van der Waals surface area contributed by atoms with E-state index in [9.17, 15) is 0 Å². The van der Waals surface area contributed by atoms with Gasteiger partial charge in [0.2, 0.25) is 0 Å². The van der Waals surface area contributed by atoms with E-state index in [1.807, 2.05) is 21.8 Å². The lowest BCUT2D eigenvalue weighted by Gasteiger charge is -2.38. The number of piperazine rings is 1. The molecule has 2 aromatic heterocycles. The van der Waals surface area contributed by atoms with Gasteiger partial charge >= 0.3 is 0 Å². The van der Waals surface area contributed by atoms with Crippen LogP contribution in [0, 0.1) is 13.8 Å². The number of aromatic nitrogens is 6. The third kappa shape index (κ3) is 5.50. The lowest BCUT2D eigenvalue weighted by Crippen LogP contribution is -2.48. The van der Waals surface area contributed by atoms with Crippen LogP contribution in [-0.2, 0) is 0 Å². The quantitative estimate of drug-likeness (QED) is 0.285. The lowest BCUT2D eigenvalue weighted by molar-refractivity contribution is 0.113. The molecule has 1 fully saturated rings. The normalized spacial score (nSPS) is 15.6. The lowest BCUT2D eigenvalue weighted by atomic mass is 10.0. The van der Waals surface area contributed by atoms with E-state index in [1.54, 1.807) is 6.20 Å². The van der Waals surface area contributed by atoms with E-state index in [1.165, 1.54) is 11.1 Å². The van der Waals surface area contributed by atoms with Crippen LogP contribution >= 0.6 is 0 Å². The van der Waals surface area contributed by atoms with Crippen molar-refractivity contribution in [1.29, 1.82) is 0 Å². The van der Waals surface area contributed by atoms with Crippen LogP contribution in [0.15, 0.2) is 97.6 Å². The average molecular weight is 531 g/mol. The topological polar surface area (TPSA) is 67.9 Å². The fraction of sp³-hybridized carbons (Fsp3) is 0.250. The minimum atomic E-state index is -0.0761. The second-order valence-corrected chi connectivity index (χ2v) is 10.3. The monoisotopic (exact) mass is 530 g/mol. The van der Waals surface area contributed by atoms with Gasteiger partial charge in [-0.1, -0.05) is 72.8 Å². The van der Waals surface area contributed by atoms with Crippen molar-refractivity contribution in [2.75, 3.05) is 32.7 Å². The molecule has 8 nitrogen and oxygen atoms in total. The Kier molecular flexibility index (Phi) is 7.61. The number of hydrogen-bond donors (Lipinski definition) is 0. The summed E-state index contributed by atoms with van der Waals surface area (Å²) < 4.78 is 3.95. The number of hydrogen-bond acceptors (Lipinski definition) is 6. The fourth-order valence-electron chi connectivity index (χ4n) is 5.53. The number of aryl methyl sites for hydroxylation is 2. The zero-order valence-corrected chi connectivity index (χ0v) is 23.0. The largest absolute Gasteiger partial charge is 0.306 e. The molecule has 1 atom stereocenters. The molecule has 3 aromatic carbocycles. The molecule has 202 valence electrons. The summed E-state index contributed by atoms with van der Waals surface area (Å²) in [4.78, 5) is 9.21. The van der Waals surface area contributed by atoms with Crippen molar-refractivity contribution in [2.24, 2.45) is 0 Å². The first-order valence-corrected chi connectivity index (χ1v) is 13.8. The Morgan fingerprint density at radius 3 is 2.30 bits per heavy atom. The highest BCUT2D eigenvalue weighted by Crippen LogP contribution is 2.31. The molecule has 0 aliphatic carbocycles. The summed E-state index contributed by atoms with van der Waals surface area (Å²) in [5.74, 6) is 0.838. The number of nitrogens with zero attached hydrogens (tertiary/aromatic N) is 8. The molecule has 0 bridgehead atoms. The van der Waals surface area contributed by atoms with Crippen molar-refractivity contribution in [2.45, 2.75) is 19.9 Å². The van der Waals surface area contributed by atoms with Crippen molar-refractivity contribution in [1.82, 2.24) is 39.6 Å². The van der Waals surface area contributed by atoms with Gasteiger partial charge in [0.1, 0.15) is 0 Å². The van der Waals surface area contributed by atoms with Gasteiger partial charge in [0.05, 0.1) is 18.1 Å². The highest BCUT2D eigenvalue weighted by Gasteiger charge is 2.31.